The highest BCUT2D eigenvalue weighted by Gasteiger charge is 2.28. The summed E-state index contributed by atoms with van der Waals surface area (Å²) in [4.78, 5) is 4.84. The number of rotatable bonds is 2. The van der Waals surface area contributed by atoms with E-state index in [9.17, 15) is 0 Å². The highest BCUT2D eigenvalue weighted by molar-refractivity contribution is 7.17. The zero-order chi connectivity index (χ0) is 14.1. The summed E-state index contributed by atoms with van der Waals surface area (Å²) in [5, 5.41) is 3.47. The molecule has 3 nitrogen and oxygen atoms in total. The Kier molecular flexibility index (Phi) is 4.08. The van der Waals surface area contributed by atoms with Crippen LogP contribution in [-0.4, -0.2) is 49.6 Å². The van der Waals surface area contributed by atoms with Gasteiger partial charge >= 0.3 is 0 Å². The molecular formula is C16H23N3S. The van der Waals surface area contributed by atoms with Crippen LogP contribution in [0.15, 0.2) is 29.6 Å². The fourth-order valence-corrected chi connectivity index (χ4v) is 4.14. The molecule has 1 fully saturated rings. The summed E-state index contributed by atoms with van der Waals surface area (Å²) in [6.07, 6.45) is 1.22. The molecule has 1 aliphatic heterocycles. The Morgan fingerprint density at radius 1 is 1.25 bits per heavy atom. The first-order valence-electron chi connectivity index (χ1n) is 7.27. The summed E-state index contributed by atoms with van der Waals surface area (Å²) in [6, 6.07) is 9.13. The maximum Gasteiger partial charge on any atom is 0.0479 e. The summed E-state index contributed by atoms with van der Waals surface area (Å²) < 4.78 is 1.35. The van der Waals surface area contributed by atoms with Crippen molar-refractivity contribution < 1.29 is 0 Å². The van der Waals surface area contributed by atoms with E-state index in [0.29, 0.717) is 6.04 Å². The number of thiophene rings is 1. The van der Waals surface area contributed by atoms with Crippen LogP contribution >= 0.6 is 11.3 Å². The van der Waals surface area contributed by atoms with Gasteiger partial charge in [0.05, 0.1) is 0 Å². The van der Waals surface area contributed by atoms with Crippen molar-refractivity contribution in [3.63, 3.8) is 0 Å². The molecule has 0 radical (unpaired) electrons. The quantitative estimate of drug-likeness (QED) is 0.922. The molecule has 3 rings (SSSR count). The van der Waals surface area contributed by atoms with E-state index >= 15 is 0 Å². The SMILES string of the molecule is CN1CCCN(C)C(C(N)c2cccc3ccsc23)C1. The van der Waals surface area contributed by atoms with Crippen molar-refractivity contribution in [2.24, 2.45) is 5.73 Å². The Labute approximate surface area is 125 Å². The van der Waals surface area contributed by atoms with Gasteiger partial charge in [0.15, 0.2) is 0 Å². The lowest BCUT2D eigenvalue weighted by Gasteiger charge is -2.32. The summed E-state index contributed by atoms with van der Waals surface area (Å²) in [5.41, 5.74) is 7.95. The molecule has 1 aliphatic rings. The second kappa shape index (κ2) is 5.82. The number of nitrogens with two attached hydrogens (primary N) is 1. The molecule has 0 aliphatic carbocycles. The lowest BCUT2D eigenvalue weighted by Crippen LogP contribution is -2.45. The van der Waals surface area contributed by atoms with Crippen molar-refractivity contribution in [1.29, 1.82) is 0 Å². The van der Waals surface area contributed by atoms with Crippen LogP contribution in [0.3, 0.4) is 0 Å². The topological polar surface area (TPSA) is 32.5 Å². The van der Waals surface area contributed by atoms with E-state index in [4.69, 9.17) is 5.73 Å². The van der Waals surface area contributed by atoms with Gasteiger partial charge in [-0.05, 0) is 56.0 Å². The van der Waals surface area contributed by atoms with E-state index in [-0.39, 0.29) is 6.04 Å². The van der Waals surface area contributed by atoms with Gasteiger partial charge in [-0.2, -0.15) is 0 Å². The number of hydrogen-bond acceptors (Lipinski definition) is 4. The van der Waals surface area contributed by atoms with Crippen molar-refractivity contribution in [3.8, 4) is 0 Å². The standard InChI is InChI=1S/C16H23N3S/c1-18-8-4-9-19(2)14(11-18)15(17)13-6-3-5-12-7-10-20-16(12)13/h3,5-7,10,14-15H,4,8-9,11,17H2,1-2H3. The van der Waals surface area contributed by atoms with Crippen LogP contribution in [0.2, 0.25) is 0 Å². The Morgan fingerprint density at radius 2 is 2.10 bits per heavy atom. The fraction of sp³-hybridized carbons (Fsp3) is 0.500. The van der Waals surface area contributed by atoms with Gasteiger partial charge in [-0.25, -0.2) is 0 Å². The summed E-state index contributed by atoms with van der Waals surface area (Å²) >= 11 is 1.80. The molecule has 2 unspecified atom stereocenters. The normalized spacial score (nSPS) is 23.9. The Hall–Kier alpha value is -0.940. The minimum Gasteiger partial charge on any atom is -0.323 e. The largest absolute Gasteiger partial charge is 0.323 e. The first-order valence-corrected chi connectivity index (χ1v) is 8.15. The van der Waals surface area contributed by atoms with Gasteiger partial charge in [0, 0.05) is 23.3 Å². The molecule has 0 amide bonds. The zero-order valence-corrected chi connectivity index (χ0v) is 13.1. The van der Waals surface area contributed by atoms with Gasteiger partial charge in [-0.15, -0.1) is 11.3 Å². The minimum absolute atomic E-state index is 0.0721. The smallest absolute Gasteiger partial charge is 0.0479 e. The molecule has 0 saturated carbocycles. The van der Waals surface area contributed by atoms with E-state index in [1.54, 1.807) is 11.3 Å². The first kappa shape index (κ1) is 14.0. The number of benzene rings is 1. The molecule has 2 aromatic rings. The minimum atomic E-state index is 0.0721. The molecule has 0 bridgehead atoms. The molecule has 2 N–H and O–H groups in total. The lowest BCUT2D eigenvalue weighted by molar-refractivity contribution is 0.197. The Balaban J connectivity index is 1.94. The van der Waals surface area contributed by atoms with Crippen LogP contribution in [0, 0.1) is 0 Å². The van der Waals surface area contributed by atoms with Crippen LogP contribution in [-0.2, 0) is 0 Å². The molecule has 2 atom stereocenters. The maximum atomic E-state index is 6.66. The van der Waals surface area contributed by atoms with Crippen molar-refractivity contribution >= 4 is 21.4 Å². The molecular weight excluding hydrogens is 266 g/mol. The second-order valence-electron chi connectivity index (χ2n) is 5.88. The number of nitrogens with zero attached hydrogens (tertiary/aromatic N) is 2. The van der Waals surface area contributed by atoms with E-state index < -0.39 is 0 Å². The molecule has 1 aromatic carbocycles. The molecule has 4 heteroatoms. The van der Waals surface area contributed by atoms with E-state index in [2.05, 4.69) is 53.5 Å². The van der Waals surface area contributed by atoms with Gasteiger partial charge in [0.2, 0.25) is 0 Å². The summed E-state index contributed by atoms with van der Waals surface area (Å²) in [7, 11) is 4.41. The maximum absolute atomic E-state index is 6.66. The van der Waals surface area contributed by atoms with Gasteiger partial charge < -0.3 is 15.5 Å². The van der Waals surface area contributed by atoms with Crippen molar-refractivity contribution in [2.75, 3.05) is 33.7 Å². The Bertz CT molecular complexity index is 580. The highest BCUT2D eigenvalue weighted by Crippen LogP contribution is 2.31. The number of fused-ring (bicyclic) bond motifs is 1. The molecule has 0 spiro atoms. The Morgan fingerprint density at radius 3 is 2.95 bits per heavy atom. The van der Waals surface area contributed by atoms with Crippen LogP contribution < -0.4 is 5.73 Å². The summed E-state index contributed by atoms with van der Waals surface area (Å²) in [5.74, 6) is 0. The van der Waals surface area contributed by atoms with Crippen LogP contribution in [0.1, 0.15) is 18.0 Å². The van der Waals surface area contributed by atoms with E-state index in [0.717, 1.165) is 19.6 Å². The van der Waals surface area contributed by atoms with Gasteiger partial charge in [-0.3, -0.25) is 0 Å². The van der Waals surface area contributed by atoms with Gasteiger partial charge in [-0.1, -0.05) is 18.2 Å². The van der Waals surface area contributed by atoms with Crippen molar-refractivity contribution in [2.45, 2.75) is 18.5 Å². The number of likely N-dealkylation sites (N-methyl/N-ethyl adjacent to an activating group) is 2. The van der Waals surface area contributed by atoms with Crippen molar-refractivity contribution in [3.05, 3.63) is 35.2 Å². The molecule has 1 aromatic heterocycles. The monoisotopic (exact) mass is 289 g/mol. The predicted octanol–water partition coefficient (Wildman–Crippen LogP) is 2.54. The zero-order valence-electron chi connectivity index (χ0n) is 12.2. The summed E-state index contributed by atoms with van der Waals surface area (Å²) in [6.45, 7) is 3.33. The third-order valence-corrected chi connectivity index (χ3v) is 5.38. The predicted molar refractivity (Wildman–Crippen MR) is 87.3 cm³/mol. The van der Waals surface area contributed by atoms with E-state index in [1.165, 1.54) is 22.1 Å². The average molecular weight is 289 g/mol. The average Bonchev–Trinajstić information content (AvgIpc) is 2.85. The van der Waals surface area contributed by atoms with Crippen LogP contribution in [0.5, 0.6) is 0 Å². The molecule has 108 valence electrons. The van der Waals surface area contributed by atoms with Gasteiger partial charge in [0.25, 0.3) is 0 Å². The second-order valence-corrected chi connectivity index (χ2v) is 6.79. The highest BCUT2D eigenvalue weighted by atomic mass is 32.1. The third-order valence-electron chi connectivity index (χ3n) is 4.40. The van der Waals surface area contributed by atoms with Gasteiger partial charge in [0.1, 0.15) is 0 Å². The lowest BCUT2D eigenvalue weighted by atomic mass is 9.98. The molecule has 1 saturated heterocycles. The van der Waals surface area contributed by atoms with Crippen molar-refractivity contribution in [1.82, 2.24) is 9.80 Å². The van der Waals surface area contributed by atoms with Crippen LogP contribution in [0.25, 0.3) is 10.1 Å². The third kappa shape index (κ3) is 2.61. The van der Waals surface area contributed by atoms with Crippen LogP contribution in [0.4, 0.5) is 0 Å². The first-order chi connectivity index (χ1) is 9.66. The number of hydrogen-bond donors (Lipinski definition) is 1. The molecule has 20 heavy (non-hydrogen) atoms. The molecule has 2 heterocycles. The fourth-order valence-electron chi connectivity index (χ4n) is 3.18. The van der Waals surface area contributed by atoms with E-state index in [1.807, 2.05) is 0 Å².